The zero-order chi connectivity index (χ0) is 12.8. The Kier molecular flexibility index (Phi) is 5.38. The molecule has 0 saturated heterocycles. The lowest BCUT2D eigenvalue weighted by atomic mass is 10.1. The lowest BCUT2D eigenvalue weighted by molar-refractivity contribution is 0.0711. The number of aryl methyl sites for hydroxylation is 1. The molecule has 0 spiro atoms. The van der Waals surface area contributed by atoms with E-state index in [0.717, 1.165) is 23.6 Å². The van der Waals surface area contributed by atoms with Crippen LogP contribution in [0.5, 0.6) is 5.75 Å². The van der Waals surface area contributed by atoms with Crippen LogP contribution in [0, 0.1) is 6.92 Å². The Bertz CT molecular complexity index is 353. The Morgan fingerprint density at radius 2 is 2.06 bits per heavy atom. The summed E-state index contributed by atoms with van der Waals surface area (Å²) in [6.07, 6.45) is 0.790. The number of pyridine rings is 1. The fourth-order valence-electron chi connectivity index (χ4n) is 1.46. The molecular weight excluding hydrogens is 216 g/mol. The second-order valence-corrected chi connectivity index (χ2v) is 4.44. The molecule has 4 heteroatoms. The Morgan fingerprint density at radius 1 is 1.35 bits per heavy atom. The van der Waals surface area contributed by atoms with Crippen molar-refractivity contribution in [3.8, 4) is 5.75 Å². The average Bonchev–Trinajstić information content (AvgIpc) is 2.26. The van der Waals surface area contributed by atoms with Crippen molar-refractivity contribution in [1.29, 1.82) is 0 Å². The van der Waals surface area contributed by atoms with Crippen molar-refractivity contribution in [2.75, 3.05) is 13.7 Å². The van der Waals surface area contributed by atoms with E-state index in [4.69, 9.17) is 15.2 Å². The van der Waals surface area contributed by atoms with Crippen LogP contribution < -0.4 is 10.5 Å². The normalized spacial score (nSPS) is 14.4. The first-order chi connectivity index (χ1) is 8.02. The van der Waals surface area contributed by atoms with Crippen molar-refractivity contribution in [3.63, 3.8) is 0 Å². The molecule has 2 N–H and O–H groups in total. The molecule has 0 aliphatic heterocycles. The summed E-state index contributed by atoms with van der Waals surface area (Å²) in [7, 11) is 1.67. The van der Waals surface area contributed by atoms with Crippen LogP contribution in [0.15, 0.2) is 12.1 Å². The molecule has 1 rings (SSSR count). The molecule has 1 heterocycles. The second-order valence-electron chi connectivity index (χ2n) is 4.44. The molecule has 0 saturated carbocycles. The molecule has 0 aromatic carbocycles. The van der Waals surface area contributed by atoms with Crippen LogP contribution in [-0.4, -0.2) is 30.8 Å². The molecule has 17 heavy (non-hydrogen) atoms. The number of hydrogen-bond donors (Lipinski definition) is 1. The van der Waals surface area contributed by atoms with Gasteiger partial charge in [0.2, 0.25) is 0 Å². The topological polar surface area (TPSA) is 57.4 Å². The van der Waals surface area contributed by atoms with Crippen LogP contribution in [0.25, 0.3) is 0 Å². The third-order valence-electron chi connectivity index (χ3n) is 2.46. The Morgan fingerprint density at radius 3 is 2.65 bits per heavy atom. The summed E-state index contributed by atoms with van der Waals surface area (Å²) in [5.41, 5.74) is 7.70. The number of hydrogen-bond acceptors (Lipinski definition) is 4. The van der Waals surface area contributed by atoms with E-state index >= 15 is 0 Å². The molecule has 0 aliphatic carbocycles. The molecule has 0 bridgehead atoms. The second kappa shape index (κ2) is 6.57. The van der Waals surface area contributed by atoms with E-state index < -0.39 is 0 Å². The van der Waals surface area contributed by atoms with E-state index in [1.54, 1.807) is 7.11 Å². The first-order valence-electron chi connectivity index (χ1n) is 5.90. The lowest BCUT2D eigenvalue weighted by Gasteiger charge is -2.15. The smallest absolute Gasteiger partial charge is 0.141 e. The lowest BCUT2D eigenvalue weighted by Crippen LogP contribution is -2.21. The van der Waals surface area contributed by atoms with Crippen molar-refractivity contribution in [2.24, 2.45) is 5.73 Å². The Labute approximate surface area is 103 Å². The summed E-state index contributed by atoms with van der Waals surface area (Å²) >= 11 is 0. The summed E-state index contributed by atoms with van der Waals surface area (Å²) in [4.78, 5) is 4.47. The summed E-state index contributed by atoms with van der Waals surface area (Å²) in [6.45, 7) is 6.41. The number of rotatable bonds is 6. The van der Waals surface area contributed by atoms with E-state index in [-0.39, 0.29) is 12.1 Å². The van der Waals surface area contributed by atoms with Crippen molar-refractivity contribution in [1.82, 2.24) is 4.98 Å². The van der Waals surface area contributed by atoms with Gasteiger partial charge in [0.25, 0.3) is 0 Å². The molecule has 0 radical (unpaired) electrons. The minimum absolute atomic E-state index is 0.0689. The first-order valence-corrected chi connectivity index (χ1v) is 5.90. The fraction of sp³-hybridized carbons (Fsp3) is 0.615. The van der Waals surface area contributed by atoms with E-state index in [0.29, 0.717) is 6.61 Å². The van der Waals surface area contributed by atoms with Crippen LogP contribution in [0.2, 0.25) is 0 Å². The molecule has 0 fully saturated rings. The third kappa shape index (κ3) is 4.71. The predicted molar refractivity (Wildman–Crippen MR) is 68.3 cm³/mol. The van der Waals surface area contributed by atoms with Gasteiger partial charge in [0.05, 0.1) is 11.8 Å². The average molecular weight is 238 g/mol. The van der Waals surface area contributed by atoms with Gasteiger partial charge in [-0.1, -0.05) is 0 Å². The highest BCUT2D eigenvalue weighted by atomic mass is 16.5. The summed E-state index contributed by atoms with van der Waals surface area (Å²) in [5, 5.41) is 0. The highest BCUT2D eigenvalue weighted by molar-refractivity contribution is 5.29. The standard InChI is InChI=1S/C13H22N2O2/c1-9(14)7-12-13(6-5-10(2)15-12)17-8-11(3)16-4/h5-6,9,11H,7-8,14H2,1-4H3. The van der Waals surface area contributed by atoms with Crippen LogP contribution in [0.1, 0.15) is 25.2 Å². The highest BCUT2D eigenvalue weighted by Crippen LogP contribution is 2.18. The molecule has 96 valence electrons. The van der Waals surface area contributed by atoms with Crippen molar-refractivity contribution in [3.05, 3.63) is 23.5 Å². The van der Waals surface area contributed by atoms with Crippen LogP contribution in [0.4, 0.5) is 0 Å². The third-order valence-corrected chi connectivity index (χ3v) is 2.46. The van der Waals surface area contributed by atoms with Gasteiger partial charge in [0.15, 0.2) is 0 Å². The number of nitrogens with zero attached hydrogens (tertiary/aromatic N) is 1. The molecular formula is C13H22N2O2. The summed E-state index contributed by atoms with van der Waals surface area (Å²) in [6, 6.07) is 3.96. The van der Waals surface area contributed by atoms with Crippen LogP contribution in [0.3, 0.4) is 0 Å². The zero-order valence-corrected chi connectivity index (χ0v) is 11.1. The minimum atomic E-state index is 0.0689. The van der Waals surface area contributed by atoms with E-state index in [1.165, 1.54) is 0 Å². The number of ether oxygens (including phenoxy) is 2. The van der Waals surface area contributed by atoms with Gasteiger partial charge in [0, 0.05) is 25.3 Å². The molecule has 0 amide bonds. The van der Waals surface area contributed by atoms with Crippen LogP contribution >= 0.6 is 0 Å². The minimum Gasteiger partial charge on any atom is -0.489 e. The van der Waals surface area contributed by atoms with Gasteiger partial charge >= 0.3 is 0 Å². The SMILES string of the molecule is COC(C)COc1ccc(C)nc1CC(C)N. The van der Waals surface area contributed by atoms with Gasteiger partial charge in [-0.3, -0.25) is 4.98 Å². The molecule has 1 aromatic rings. The van der Waals surface area contributed by atoms with E-state index in [2.05, 4.69) is 4.98 Å². The summed E-state index contributed by atoms with van der Waals surface area (Å²) < 4.78 is 10.8. The van der Waals surface area contributed by atoms with Gasteiger partial charge in [-0.05, 0) is 32.9 Å². The van der Waals surface area contributed by atoms with Gasteiger partial charge in [-0.15, -0.1) is 0 Å². The maximum atomic E-state index is 5.81. The van der Waals surface area contributed by atoms with Gasteiger partial charge in [-0.25, -0.2) is 0 Å². The van der Waals surface area contributed by atoms with E-state index in [9.17, 15) is 0 Å². The molecule has 0 aliphatic rings. The summed E-state index contributed by atoms with van der Waals surface area (Å²) in [5.74, 6) is 0.803. The first kappa shape index (κ1) is 13.9. The largest absolute Gasteiger partial charge is 0.489 e. The van der Waals surface area contributed by atoms with Gasteiger partial charge in [0.1, 0.15) is 12.4 Å². The van der Waals surface area contributed by atoms with Crippen LogP contribution in [-0.2, 0) is 11.2 Å². The molecule has 2 atom stereocenters. The molecule has 2 unspecified atom stereocenters. The number of nitrogens with two attached hydrogens (primary N) is 1. The Balaban J connectivity index is 2.75. The maximum Gasteiger partial charge on any atom is 0.141 e. The molecule has 1 aromatic heterocycles. The molecule has 4 nitrogen and oxygen atoms in total. The Hall–Kier alpha value is -1.13. The van der Waals surface area contributed by atoms with Crippen molar-refractivity contribution in [2.45, 2.75) is 39.3 Å². The maximum absolute atomic E-state index is 5.81. The number of aromatic nitrogens is 1. The van der Waals surface area contributed by atoms with Crippen molar-refractivity contribution < 1.29 is 9.47 Å². The predicted octanol–water partition coefficient (Wildman–Crippen LogP) is 1.69. The van der Waals surface area contributed by atoms with E-state index in [1.807, 2.05) is 32.9 Å². The highest BCUT2D eigenvalue weighted by Gasteiger charge is 2.09. The quantitative estimate of drug-likeness (QED) is 0.819. The van der Waals surface area contributed by atoms with Gasteiger partial charge in [-0.2, -0.15) is 0 Å². The van der Waals surface area contributed by atoms with Crippen molar-refractivity contribution >= 4 is 0 Å². The fourth-order valence-corrected chi connectivity index (χ4v) is 1.46. The number of methoxy groups -OCH3 is 1. The van der Waals surface area contributed by atoms with Gasteiger partial charge < -0.3 is 15.2 Å². The zero-order valence-electron chi connectivity index (χ0n) is 11.1. The monoisotopic (exact) mass is 238 g/mol.